The Kier molecular flexibility index (Phi) is 4.16. The van der Waals surface area contributed by atoms with E-state index < -0.39 is 0 Å². The minimum atomic E-state index is -0.364. The number of benzene rings is 2. The molecular weight excluding hydrogens is 237 g/mol. The van der Waals surface area contributed by atoms with Crippen LogP contribution < -0.4 is 16.3 Å². The lowest BCUT2D eigenvalue weighted by molar-refractivity contribution is 0.589. The third kappa shape index (κ3) is 3.66. The highest BCUT2D eigenvalue weighted by atomic mass is 31.1. The largest absolute Gasteiger partial charge is 0.325 e. The van der Waals surface area contributed by atoms with Crippen LogP contribution in [0.15, 0.2) is 60.7 Å². The van der Waals surface area contributed by atoms with Gasteiger partial charge in [-0.15, -0.1) is 0 Å². The minimum absolute atomic E-state index is 0.141. The highest BCUT2D eigenvalue weighted by molar-refractivity contribution is 7.73. The molecule has 2 aromatic carbocycles. The number of nitrogens with two attached hydrogens (primary N) is 1. The van der Waals surface area contributed by atoms with Crippen molar-refractivity contribution in [1.82, 2.24) is 0 Å². The summed E-state index contributed by atoms with van der Waals surface area (Å²) in [6.45, 7) is 4.21. The molecule has 2 rings (SSSR count). The summed E-state index contributed by atoms with van der Waals surface area (Å²) < 4.78 is 0. The van der Waals surface area contributed by atoms with Gasteiger partial charge in [-0.25, -0.2) is 0 Å². The molecule has 0 aliphatic carbocycles. The number of hydrogen-bond donors (Lipinski definition) is 1. The van der Waals surface area contributed by atoms with Crippen molar-refractivity contribution in [3.63, 3.8) is 0 Å². The van der Waals surface area contributed by atoms with Crippen LogP contribution in [0, 0.1) is 0 Å². The third-order valence-electron chi connectivity index (χ3n) is 2.70. The summed E-state index contributed by atoms with van der Waals surface area (Å²) in [6.07, 6.45) is 1.01. The van der Waals surface area contributed by atoms with Crippen molar-refractivity contribution in [1.29, 1.82) is 0 Å². The zero-order valence-corrected chi connectivity index (χ0v) is 11.9. The third-order valence-corrected chi connectivity index (χ3v) is 5.68. The Morgan fingerprint density at radius 2 is 1.22 bits per heavy atom. The van der Waals surface area contributed by atoms with Crippen LogP contribution in [0.2, 0.25) is 0 Å². The Morgan fingerprint density at radius 1 is 0.833 bits per heavy atom. The molecule has 0 saturated heterocycles. The van der Waals surface area contributed by atoms with Crippen LogP contribution in [0.25, 0.3) is 0 Å². The van der Waals surface area contributed by atoms with Crippen LogP contribution in [0.4, 0.5) is 0 Å². The fourth-order valence-corrected chi connectivity index (χ4v) is 4.50. The van der Waals surface area contributed by atoms with Gasteiger partial charge in [0.15, 0.2) is 0 Å². The zero-order chi connectivity index (χ0) is 13.0. The molecule has 0 fully saturated rings. The fraction of sp³-hybridized carbons (Fsp3) is 0.250. The standard InChI is InChI=1S/C16H20NP/c1-16(2,17)13-18(14-9-5-3-6-10-14)15-11-7-4-8-12-15/h3-12H,13,17H2,1-2H3. The molecule has 0 heterocycles. The summed E-state index contributed by atoms with van der Waals surface area (Å²) in [5, 5.41) is 2.80. The van der Waals surface area contributed by atoms with Crippen molar-refractivity contribution >= 4 is 18.5 Å². The summed E-state index contributed by atoms with van der Waals surface area (Å²) in [4.78, 5) is 0. The molecule has 0 radical (unpaired) electrons. The van der Waals surface area contributed by atoms with E-state index in [0.29, 0.717) is 0 Å². The first-order valence-electron chi connectivity index (χ1n) is 6.23. The molecule has 1 nitrogen and oxygen atoms in total. The van der Waals surface area contributed by atoms with Gasteiger partial charge in [0.1, 0.15) is 0 Å². The Bertz CT molecular complexity index is 434. The van der Waals surface area contributed by atoms with Gasteiger partial charge in [-0.1, -0.05) is 60.7 Å². The summed E-state index contributed by atoms with van der Waals surface area (Å²) in [6, 6.07) is 21.4. The topological polar surface area (TPSA) is 26.0 Å². The average molecular weight is 257 g/mol. The lowest BCUT2D eigenvalue weighted by Gasteiger charge is -2.27. The van der Waals surface area contributed by atoms with Gasteiger partial charge in [-0.3, -0.25) is 0 Å². The Balaban J connectivity index is 2.36. The number of rotatable bonds is 4. The van der Waals surface area contributed by atoms with E-state index in [4.69, 9.17) is 5.73 Å². The van der Waals surface area contributed by atoms with Gasteiger partial charge in [0, 0.05) is 5.54 Å². The predicted octanol–water partition coefficient (Wildman–Crippen LogP) is 2.86. The molecule has 2 N–H and O–H groups in total. The van der Waals surface area contributed by atoms with Gasteiger partial charge in [0.2, 0.25) is 0 Å². The molecule has 0 aliphatic heterocycles. The predicted molar refractivity (Wildman–Crippen MR) is 82.2 cm³/mol. The first-order valence-corrected chi connectivity index (χ1v) is 7.75. The Labute approximate surface area is 111 Å². The first kappa shape index (κ1) is 13.3. The van der Waals surface area contributed by atoms with Crippen molar-refractivity contribution in [3.8, 4) is 0 Å². The molecule has 0 saturated carbocycles. The van der Waals surface area contributed by atoms with E-state index in [2.05, 4.69) is 74.5 Å². The maximum atomic E-state index is 6.23. The highest BCUT2D eigenvalue weighted by Gasteiger charge is 2.21. The maximum absolute atomic E-state index is 6.23. The van der Waals surface area contributed by atoms with E-state index in [1.165, 1.54) is 10.6 Å². The molecule has 0 amide bonds. The highest BCUT2D eigenvalue weighted by Crippen LogP contribution is 2.36. The van der Waals surface area contributed by atoms with Gasteiger partial charge < -0.3 is 5.73 Å². The number of hydrogen-bond acceptors (Lipinski definition) is 1. The molecule has 0 unspecified atom stereocenters. The zero-order valence-electron chi connectivity index (χ0n) is 11.0. The van der Waals surface area contributed by atoms with E-state index in [1.807, 2.05) is 0 Å². The molecule has 0 spiro atoms. The van der Waals surface area contributed by atoms with Gasteiger partial charge in [0.25, 0.3) is 0 Å². The lowest BCUT2D eigenvalue weighted by Crippen LogP contribution is -2.38. The van der Waals surface area contributed by atoms with E-state index in [1.54, 1.807) is 0 Å². The van der Waals surface area contributed by atoms with E-state index in [0.717, 1.165) is 6.16 Å². The molecule has 0 aromatic heterocycles. The lowest BCUT2D eigenvalue weighted by atomic mass is 10.1. The van der Waals surface area contributed by atoms with Crippen LogP contribution in [0.1, 0.15) is 13.8 Å². The minimum Gasteiger partial charge on any atom is -0.325 e. The van der Waals surface area contributed by atoms with Gasteiger partial charge in [-0.05, 0) is 38.5 Å². The molecule has 94 valence electrons. The van der Waals surface area contributed by atoms with Crippen LogP contribution in [-0.2, 0) is 0 Å². The van der Waals surface area contributed by atoms with Gasteiger partial charge in [-0.2, -0.15) is 0 Å². The molecule has 0 atom stereocenters. The quantitative estimate of drug-likeness (QED) is 0.837. The summed E-state index contributed by atoms with van der Waals surface area (Å²) in [7, 11) is -0.364. The molecule has 2 aromatic rings. The van der Waals surface area contributed by atoms with Gasteiger partial charge in [0.05, 0.1) is 0 Å². The monoisotopic (exact) mass is 257 g/mol. The fourth-order valence-electron chi connectivity index (χ4n) is 1.96. The van der Waals surface area contributed by atoms with Crippen LogP contribution >= 0.6 is 7.92 Å². The van der Waals surface area contributed by atoms with E-state index >= 15 is 0 Å². The second-order valence-electron chi connectivity index (χ2n) is 5.25. The van der Waals surface area contributed by atoms with Crippen molar-refractivity contribution < 1.29 is 0 Å². The second-order valence-corrected chi connectivity index (χ2v) is 7.45. The Morgan fingerprint density at radius 3 is 1.56 bits per heavy atom. The molecule has 0 aliphatic rings. The molecule has 18 heavy (non-hydrogen) atoms. The van der Waals surface area contributed by atoms with E-state index in [9.17, 15) is 0 Å². The van der Waals surface area contributed by atoms with Crippen molar-refractivity contribution in [2.75, 3.05) is 6.16 Å². The SMILES string of the molecule is CC(C)(N)CP(c1ccccc1)c1ccccc1. The average Bonchev–Trinajstić information content (AvgIpc) is 2.37. The smallest absolute Gasteiger partial charge is 0.0142 e. The van der Waals surface area contributed by atoms with Crippen LogP contribution in [0.5, 0.6) is 0 Å². The van der Waals surface area contributed by atoms with Gasteiger partial charge >= 0.3 is 0 Å². The van der Waals surface area contributed by atoms with Crippen LogP contribution in [-0.4, -0.2) is 11.7 Å². The molecular formula is C16H20NP. The molecule has 0 bridgehead atoms. The normalized spacial score (nSPS) is 11.8. The van der Waals surface area contributed by atoms with Crippen LogP contribution in [0.3, 0.4) is 0 Å². The Hall–Kier alpha value is -1.17. The second kappa shape index (κ2) is 5.65. The van der Waals surface area contributed by atoms with Crippen molar-refractivity contribution in [2.45, 2.75) is 19.4 Å². The van der Waals surface area contributed by atoms with Crippen molar-refractivity contribution in [2.24, 2.45) is 5.73 Å². The molecule has 2 heteroatoms. The first-order chi connectivity index (χ1) is 8.56. The summed E-state index contributed by atoms with van der Waals surface area (Å²) >= 11 is 0. The maximum Gasteiger partial charge on any atom is 0.0142 e. The summed E-state index contributed by atoms with van der Waals surface area (Å²) in [5.41, 5.74) is 6.09. The summed E-state index contributed by atoms with van der Waals surface area (Å²) in [5.74, 6) is 0. The van der Waals surface area contributed by atoms with E-state index in [-0.39, 0.29) is 13.5 Å². The van der Waals surface area contributed by atoms with Crippen molar-refractivity contribution in [3.05, 3.63) is 60.7 Å².